The maximum absolute atomic E-state index is 12.1. The van der Waals surface area contributed by atoms with Gasteiger partial charge in [-0.05, 0) is 31.6 Å². The maximum Gasteiger partial charge on any atom is 0.329 e. The summed E-state index contributed by atoms with van der Waals surface area (Å²) < 4.78 is 4.49. The Morgan fingerprint density at radius 2 is 1.90 bits per heavy atom. The molecule has 2 N–H and O–H groups in total. The monoisotopic (exact) mass is 300 g/mol. The van der Waals surface area contributed by atoms with E-state index in [1.54, 1.807) is 0 Å². The molecule has 120 valence electrons. The number of carbonyl (C=O) groups excluding carboxylic acids is 2. The lowest BCUT2D eigenvalue weighted by atomic mass is 9.75. The van der Waals surface area contributed by atoms with Gasteiger partial charge in [0.05, 0.1) is 7.11 Å². The van der Waals surface area contributed by atoms with Crippen LogP contribution in [0.1, 0.15) is 39.0 Å². The number of nitrogens with one attached hydrogen (secondary N) is 1. The molecule has 0 radical (unpaired) electrons. The molecule has 2 amide bonds. The number of urea groups is 1. The van der Waals surface area contributed by atoms with Crippen molar-refractivity contribution in [1.29, 1.82) is 0 Å². The molecule has 0 aromatic heterocycles. The van der Waals surface area contributed by atoms with Crippen molar-refractivity contribution in [2.45, 2.75) is 44.6 Å². The molecule has 0 aliphatic heterocycles. The summed E-state index contributed by atoms with van der Waals surface area (Å²) in [5, 5.41) is 12.1. The highest BCUT2D eigenvalue weighted by molar-refractivity contribution is 5.87. The highest BCUT2D eigenvalue weighted by Gasteiger charge is 2.43. The number of hydrogen-bond acceptors (Lipinski definition) is 4. The van der Waals surface area contributed by atoms with E-state index in [0.717, 1.165) is 24.2 Å². The standard InChI is InChI=1S/C14H24N2O5/c1-4-10-5-7-14(8-6-10,12(18)19)15-13(20)16(2)9-11(17)21-3/h10H,4-9H2,1-3H3,(H,15,20)(H,18,19). The molecule has 21 heavy (non-hydrogen) atoms. The van der Waals surface area contributed by atoms with E-state index >= 15 is 0 Å². The molecule has 1 saturated carbocycles. The van der Waals surface area contributed by atoms with Crippen LogP contribution in [0.5, 0.6) is 0 Å². The molecule has 0 atom stereocenters. The summed E-state index contributed by atoms with van der Waals surface area (Å²) in [6.45, 7) is 1.87. The van der Waals surface area contributed by atoms with Gasteiger partial charge in [-0.2, -0.15) is 0 Å². The van der Waals surface area contributed by atoms with Gasteiger partial charge < -0.3 is 20.1 Å². The molecule has 1 rings (SSSR count). The first-order valence-corrected chi connectivity index (χ1v) is 7.18. The Bertz CT molecular complexity index is 402. The van der Waals surface area contributed by atoms with Crippen molar-refractivity contribution < 1.29 is 24.2 Å². The minimum Gasteiger partial charge on any atom is -0.480 e. The lowest BCUT2D eigenvalue weighted by molar-refractivity contribution is -0.146. The fourth-order valence-corrected chi connectivity index (χ4v) is 2.60. The second kappa shape index (κ2) is 7.28. The van der Waals surface area contributed by atoms with E-state index < -0.39 is 23.5 Å². The molecule has 0 aromatic carbocycles. The fraction of sp³-hybridized carbons (Fsp3) is 0.786. The van der Waals surface area contributed by atoms with Crippen molar-refractivity contribution in [3.8, 4) is 0 Å². The quantitative estimate of drug-likeness (QED) is 0.744. The predicted octanol–water partition coefficient (Wildman–Crippen LogP) is 1.22. The number of rotatable bonds is 5. The molecule has 1 aliphatic carbocycles. The largest absolute Gasteiger partial charge is 0.480 e. The van der Waals surface area contributed by atoms with Gasteiger partial charge in [0.15, 0.2) is 0 Å². The van der Waals surface area contributed by atoms with Crippen LogP contribution in [0.4, 0.5) is 4.79 Å². The Kier molecular flexibility index (Phi) is 5.99. The maximum atomic E-state index is 12.1. The van der Waals surface area contributed by atoms with Gasteiger partial charge in [-0.3, -0.25) is 4.79 Å². The molecule has 7 nitrogen and oxygen atoms in total. The average molecular weight is 300 g/mol. The SMILES string of the molecule is CCC1CCC(NC(=O)N(C)CC(=O)OC)(C(=O)O)CC1. The van der Waals surface area contributed by atoms with Crippen LogP contribution in [0, 0.1) is 5.92 Å². The average Bonchev–Trinajstić information content (AvgIpc) is 2.47. The number of ether oxygens (including phenoxy) is 1. The molecular weight excluding hydrogens is 276 g/mol. The van der Waals surface area contributed by atoms with E-state index in [2.05, 4.69) is 17.0 Å². The summed E-state index contributed by atoms with van der Waals surface area (Å²) in [6.07, 6.45) is 3.41. The number of carboxylic acids is 1. The first-order valence-electron chi connectivity index (χ1n) is 7.18. The van der Waals surface area contributed by atoms with Crippen molar-refractivity contribution in [3.63, 3.8) is 0 Å². The van der Waals surface area contributed by atoms with E-state index in [4.69, 9.17) is 0 Å². The smallest absolute Gasteiger partial charge is 0.329 e. The number of hydrogen-bond donors (Lipinski definition) is 2. The fourth-order valence-electron chi connectivity index (χ4n) is 2.60. The summed E-state index contributed by atoms with van der Waals surface area (Å²) in [5.41, 5.74) is -1.23. The number of likely N-dealkylation sites (N-methyl/N-ethyl adjacent to an activating group) is 1. The Morgan fingerprint density at radius 1 is 1.33 bits per heavy atom. The summed E-state index contributed by atoms with van der Waals surface area (Å²) in [4.78, 5) is 35.9. The van der Waals surface area contributed by atoms with Crippen molar-refractivity contribution in [1.82, 2.24) is 10.2 Å². The Balaban J connectivity index is 2.69. The van der Waals surface area contributed by atoms with Crippen LogP contribution in [0.3, 0.4) is 0 Å². The second-order valence-corrected chi connectivity index (χ2v) is 5.60. The Morgan fingerprint density at radius 3 is 2.33 bits per heavy atom. The molecule has 0 spiro atoms. The number of esters is 1. The van der Waals surface area contributed by atoms with Gasteiger partial charge >= 0.3 is 18.0 Å². The summed E-state index contributed by atoms with van der Waals surface area (Å²) in [5.74, 6) is -1.05. The van der Waals surface area contributed by atoms with Gasteiger partial charge in [0, 0.05) is 7.05 Å². The molecule has 0 bridgehead atoms. The zero-order valence-corrected chi connectivity index (χ0v) is 12.8. The third kappa shape index (κ3) is 4.34. The number of nitrogens with zero attached hydrogens (tertiary/aromatic N) is 1. The summed E-state index contributed by atoms with van der Waals surface area (Å²) in [6, 6.07) is -0.572. The molecule has 1 fully saturated rings. The number of methoxy groups -OCH3 is 1. The van der Waals surface area contributed by atoms with Crippen molar-refractivity contribution in [2.75, 3.05) is 20.7 Å². The minimum absolute atomic E-state index is 0.213. The molecule has 1 aliphatic rings. The molecule has 0 heterocycles. The van der Waals surface area contributed by atoms with Gasteiger partial charge in [-0.1, -0.05) is 13.3 Å². The van der Waals surface area contributed by atoms with Gasteiger partial charge in [-0.15, -0.1) is 0 Å². The van der Waals surface area contributed by atoms with Crippen molar-refractivity contribution >= 4 is 18.0 Å². The summed E-state index contributed by atoms with van der Waals surface area (Å²) in [7, 11) is 2.67. The van der Waals surface area contributed by atoms with Gasteiger partial charge in [-0.25, -0.2) is 9.59 Å². The van der Waals surface area contributed by atoms with Crippen LogP contribution < -0.4 is 5.32 Å². The molecule has 7 heteroatoms. The van der Waals surface area contributed by atoms with Crippen molar-refractivity contribution in [3.05, 3.63) is 0 Å². The first-order chi connectivity index (χ1) is 9.84. The van der Waals surface area contributed by atoms with Crippen LogP contribution in [0.25, 0.3) is 0 Å². The van der Waals surface area contributed by atoms with Crippen LogP contribution in [-0.2, 0) is 14.3 Å². The van der Waals surface area contributed by atoms with Gasteiger partial charge in [0.25, 0.3) is 0 Å². The number of carbonyl (C=O) groups is 3. The van der Waals surface area contributed by atoms with E-state index in [1.807, 2.05) is 0 Å². The molecule has 0 saturated heterocycles. The third-order valence-electron chi connectivity index (χ3n) is 4.23. The Labute approximate surface area is 124 Å². The zero-order chi connectivity index (χ0) is 16.0. The molecule has 0 aromatic rings. The van der Waals surface area contributed by atoms with Crippen LogP contribution in [0.15, 0.2) is 0 Å². The predicted molar refractivity (Wildman–Crippen MR) is 75.8 cm³/mol. The lowest BCUT2D eigenvalue weighted by Gasteiger charge is -2.38. The third-order valence-corrected chi connectivity index (χ3v) is 4.23. The number of amides is 2. The minimum atomic E-state index is -1.23. The summed E-state index contributed by atoms with van der Waals surface area (Å²) >= 11 is 0. The van der Waals surface area contributed by atoms with Crippen LogP contribution in [0.2, 0.25) is 0 Å². The van der Waals surface area contributed by atoms with Gasteiger partial charge in [0.2, 0.25) is 0 Å². The number of carboxylic acid groups (broad SMARTS) is 1. The van der Waals surface area contributed by atoms with Crippen molar-refractivity contribution in [2.24, 2.45) is 5.92 Å². The van der Waals surface area contributed by atoms with E-state index in [1.165, 1.54) is 14.2 Å². The normalized spacial score (nSPS) is 25.0. The second-order valence-electron chi connectivity index (χ2n) is 5.60. The molecular formula is C14H24N2O5. The highest BCUT2D eigenvalue weighted by Crippen LogP contribution is 2.34. The number of aliphatic carboxylic acids is 1. The zero-order valence-electron chi connectivity index (χ0n) is 12.8. The van der Waals surface area contributed by atoms with Crippen LogP contribution >= 0.6 is 0 Å². The highest BCUT2D eigenvalue weighted by atomic mass is 16.5. The lowest BCUT2D eigenvalue weighted by Crippen LogP contribution is -2.59. The Hall–Kier alpha value is -1.79. The van der Waals surface area contributed by atoms with Crippen LogP contribution in [-0.4, -0.2) is 54.2 Å². The topological polar surface area (TPSA) is 95.9 Å². The van der Waals surface area contributed by atoms with E-state index in [-0.39, 0.29) is 6.54 Å². The van der Waals surface area contributed by atoms with Gasteiger partial charge in [0.1, 0.15) is 12.1 Å². The van der Waals surface area contributed by atoms with E-state index in [0.29, 0.717) is 18.8 Å². The first kappa shape index (κ1) is 17.3. The van der Waals surface area contributed by atoms with E-state index in [9.17, 15) is 19.5 Å². The molecule has 0 unspecified atom stereocenters.